The third-order valence-electron chi connectivity index (χ3n) is 17.2. The maximum atomic E-state index is 14.9. The third-order valence-corrected chi connectivity index (χ3v) is 17.2. The van der Waals surface area contributed by atoms with E-state index in [4.69, 9.17) is 4.98 Å². The lowest BCUT2D eigenvalue weighted by atomic mass is 9.48. The molecule has 0 radical (unpaired) electrons. The Morgan fingerprint density at radius 1 is 0.403 bits per heavy atom. The minimum absolute atomic E-state index is 0.0429. The van der Waals surface area contributed by atoms with Crippen molar-refractivity contribution in [3.8, 4) is 84.3 Å². The number of benzene rings is 7. The van der Waals surface area contributed by atoms with Gasteiger partial charge < -0.3 is 0 Å². The Morgan fingerprint density at radius 3 is 1.45 bits per heavy atom. The SMILES string of the molecule is N#Cc1ccc(-c2ccc(-c3cc(-c4ccc(C56CC7CC(CC(C7)C5)C6)cn4)ccc3-c3ccccc3-c3cc(CCc4ccc(-c5ccccn5)cc4)cc(CCc4ccc(-c5ccccn5)cc4)c3)cc2)cc1F. The Kier molecular flexibility index (Phi) is 13.0. The van der Waals surface area contributed by atoms with Crippen LogP contribution in [0.5, 0.6) is 0 Å². The summed E-state index contributed by atoms with van der Waals surface area (Å²) in [6.07, 6.45) is 17.7. The minimum atomic E-state index is -0.514. The molecule has 0 spiro atoms. The highest BCUT2D eigenvalue weighted by molar-refractivity contribution is 5.94. The standard InChI is InChI=1S/C72H59FN4/c73-68-42-59(27-28-61(68)46-74)55-23-25-56(26-24-55)67-41-60(71-32-30-63(47-77-71)72-43-52-36-53(44-72)38-54(37-52)45-72)29-31-66(67)65-8-2-1-7-64(65)62-39-50(13-11-48-15-19-57(20-16-48)69-9-3-5-33-75-69)35-51(40-62)14-12-49-17-21-58(22-18-49)70-10-4-6-34-76-70/h1-10,15-35,39-42,47,52-54H,11-14,36-38,43-45H2. The first-order chi connectivity index (χ1) is 37.9. The lowest BCUT2D eigenvalue weighted by Crippen LogP contribution is -2.48. The molecule has 7 aromatic carbocycles. The number of nitrogens with zero attached hydrogens (tertiary/aromatic N) is 4. The monoisotopic (exact) mass is 998 g/mol. The van der Waals surface area contributed by atoms with Crippen LogP contribution in [0.25, 0.3) is 78.3 Å². The molecule has 5 heteroatoms. The van der Waals surface area contributed by atoms with Gasteiger partial charge in [0.1, 0.15) is 11.9 Å². The van der Waals surface area contributed by atoms with Gasteiger partial charge in [-0.25, -0.2) is 4.39 Å². The molecule has 4 saturated carbocycles. The van der Waals surface area contributed by atoms with E-state index in [-0.39, 0.29) is 11.0 Å². The molecule has 10 aromatic rings. The van der Waals surface area contributed by atoms with E-state index < -0.39 is 5.82 Å². The Balaban J connectivity index is 0.862. The van der Waals surface area contributed by atoms with Gasteiger partial charge in [0.25, 0.3) is 0 Å². The fraction of sp³-hybridized carbons (Fsp3) is 0.194. The summed E-state index contributed by atoms with van der Waals surface area (Å²) >= 11 is 0. The summed E-state index contributed by atoms with van der Waals surface area (Å²) in [5.74, 6) is 2.11. The highest BCUT2D eigenvalue weighted by atomic mass is 19.1. The second-order valence-corrected chi connectivity index (χ2v) is 22.2. The maximum Gasteiger partial charge on any atom is 0.141 e. The zero-order chi connectivity index (χ0) is 51.7. The average molecular weight is 999 g/mol. The smallest absolute Gasteiger partial charge is 0.141 e. The van der Waals surface area contributed by atoms with Crippen molar-refractivity contribution in [1.82, 2.24) is 15.0 Å². The summed E-state index contributed by atoms with van der Waals surface area (Å²) in [4.78, 5) is 14.4. The fourth-order valence-corrected chi connectivity index (χ4v) is 13.7. The van der Waals surface area contributed by atoms with Crippen LogP contribution in [0.4, 0.5) is 4.39 Å². The predicted molar refractivity (Wildman–Crippen MR) is 310 cm³/mol. The minimum Gasteiger partial charge on any atom is -0.256 e. The molecule has 3 aromatic heterocycles. The van der Waals surface area contributed by atoms with Gasteiger partial charge >= 0.3 is 0 Å². The average Bonchev–Trinajstić information content (AvgIpc) is 3.56. The van der Waals surface area contributed by atoms with Crippen molar-refractivity contribution in [2.75, 3.05) is 0 Å². The van der Waals surface area contributed by atoms with Crippen LogP contribution in [0.2, 0.25) is 0 Å². The van der Waals surface area contributed by atoms with Gasteiger partial charge in [0.2, 0.25) is 0 Å². The molecular weight excluding hydrogens is 940 g/mol. The van der Waals surface area contributed by atoms with Crippen LogP contribution in [0.15, 0.2) is 219 Å². The number of pyridine rings is 3. The van der Waals surface area contributed by atoms with Gasteiger partial charge in [-0.15, -0.1) is 0 Å². The number of hydrogen-bond acceptors (Lipinski definition) is 4. The molecule has 0 N–H and O–H groups in total. The molecule has 4 nitrogen and oxygen atoms in total. The normalized spacial score (nSPS) is 18.3. The van der Waals surface area contributed by atoms with E-state index in [1.165, 1.54) is 83.5 Å². The molecule has 4 aliphatic rings. The van der Waals surface area contributed by atoms with Crippen LogP contribution in [-0.2, 0) is 31.1 Å². The summed E-state index contributed by atoms with van der Waals surface area (Å²) in [6.45, 7) is 0. The molecule has 4 fully saturated rings. The van der Waals surface area contributed by atoms with E-state index in [0.29, 0.717) is 0 Å². The predicted octanol–water partition coefficient (Wildman–Crippen LogP) is 17.6. The quantitative estimate of drug-likeness (QED) is 0.109. The van der Waals surface area contributed by atoms with Crippen molar-refractivity contribution >= 4 is 0 Å². The van der Waals surface area contributed by atoms with Crippen LogP contribution in [0.1, 0.15) is 71.9 Å². The van der Waals surface area contributed by atoms with Crippen molar-refractivity contribution in [3.63, 3.8) is 0 Å². The van der Waals surface area contributed by atoms with Crippen molar-refractivity contribution in [2.24, 2.45) is 17.8 Å². The fourth-order valence-electron chi connectivity index (χ4n) is 13.7. The van der Waals surface area contributed by atoms with Gasteiger partial charge in [-0.05, 0) is 208 Å². The molecule has 0 amide bonds. The Labute approximate surface area is 452 Å². The highest BCUT2D eigenvalue weighted by Gasteiger charge is 2.51. The second kappa shape index (κ2) is 20.9. The van der Waals surface area contributed by atoms with E-state index >= 15 is 0 Å². The zero-order valence-electron chi connectivity index (χ0n) is 43.3. The molecule has 0 atom stereocenters. The first-order valence-electron chi connectivity index (χ1n) is 27.5. The molecule has 0 aliphatic heterocycles. The lowest BCUT2D eigenvalue weighted by molar-refractivity contribution is -0.00532. The van der Waals surface area contributed by atoms with Crippen LogP contribution in [-0.4, -0.2) is 15.0 Å². The molecule has 4 aliphatic carbocycles. The second-order valence-electron chi connectivity index (χ2n) is 22.2. The van der Waals surface area contributed by atoms with E-state index in [2.05, 4.69) is 174 Å². The van der Waals surface area contributed by atoms with Gasteiger partial charge in [0.05, 0.1) is 22.6 Å². The molecule has 0 unspecified atom stereocenters. The lowest BCUT2D eigenvalue weighted by Gasteiger charge is -2.57. The van der Waals surface area contributed by atoms with Crippen molar-refractivity contribution in [2.45, 2.75) is 69.6 Å². The van der Waals surface area contributed by atoms with E-state index in [1.807, 2.05) is 48.8 Å². The Bertz CT molecular complexity index is 3630. The molecule has 77 heavy (non-hydrogen) atoms. The van der Waals surface area contributed by atoms with Gasteiger partial charge in [0, 0.05) is 35.3 Å². The molecule has 374 valence electrons. The van der Waals surface area contributed by atoms with Crippen LogP contribution < -0.4 is 0 Å². The number of nitriles is 1. The molecular formula is C72H59FN4. The number of rotatable bonds is 14. The van der Waals surface area contributed by atoms with E-state index in [9.17, 15) is 9.65 Å². The maximum absolute atomic E-state index is 14.9. The summed E-state index contributed by atoms with van der Waals surface area (Å²) in [6, 6.07) is 72.6. The number of aryl methyl sites for hydroxylation is 4. The first-order valence-corrected chi connectivity index (χ1v) is 27.5. The first kappa shape index (κ1) is 48.1. The summed E-state index contributed by atoms with van der Waals surface area (Å²) in [7, 11) is 0. The molecule has 14 rings (SSSR count). The Morgan fingerprint density at radius 2 is 0.909 bits per heavy atom. The van der Waals surface area contributed by atoms with Crippen molar-refractivity contribution < 1.29 is 4.39 Å². The number of aromatic nitrogens is 3. The Hall–Kier alpha value is -8.59. The number of halogens is 1. The van der Waals surface area contributed by atoms with E-state index in [0.717, 1.165) is 111 Å². The van der Waals surface area contributed by atoms with Gasteiger partial charge in [0.15, 0.2) is 0 Å². The molecule has 4 bridgehead atoms. The van der Waals surface area contributed by atoms with Gasteiger partial charge in [-0.2, -0.15) is 5.26 Å². The molecule has 0 saturated heterocycles. The third kappa shape index (κ3) is 10.0. The number of hydrogen-bond donors (Lipinski definition) is 0. The van der Waals surface area contributed by atoms with Crippen LogP contribution in [0, 0.1) is 34.9 Å². The summed E-state index contributed by atoms with van der Waals surface area (Å²) in [5, 5.41) is 9.42. The van der Waals surface area contributed by atoms with Crippen LogP contribution >= 0.6 is 0 Å². The summed E-state index contributed by atoms with van der Waals surface area (Å²) in [5.41, 5.74) is 21.6. The van der Waals surface area contributed by atoms with Crippen molar-refractivity contribution in [3.05, 3.63) is 258 Å². The highest BCUT2D eigenvalue weighted by Crippen LogP contribution is 2.60. The molecule has 3 heterocycles. The van der Waals surface area contributed by atoms with Gasteiger partial charge in [-0.3, -0.25) is 15.0 Å². The summed E-state index contributed by atoms with van der Waals surface area (Å²) < 4.78 is 14.9. The topological polar surface area (TPSA) is 62.5 Å². The van der Waals surface area contributed by atoms with Gasteiger partial charge in [-0.1, -0.05) is 152 Å². The zero-order valence-corrected chi connectivity index (χ0v) is 43.3. The van der Waals surface area contributed by atoms with Crippen LogP contribution in [0.3, 0.4) is 0 Å². The van der Waals surface area contributed by atoms with E-state index in [1.54, 1.807) is 6.07 Å². The largest absolute Gasteiger partial charge is 0.256 e. The van der Waals surface area contributed by atoms with Crippen molar-refractivity contribution in [1.29, 1.82) is 5.26 Å².